The summed E-state index contributed by atoms with van der Waals surface area (Å²) in [6.45, 7) is 6.28. The fourth-order valence-electron chi connectivity index (χ4n) is 2.34. The van der Waals surface area contributed by atoms with Crippen molar-refractivity contribution in [2.45, 2.75) is 45.8 Å². The first-order valence-electron chi connectivity index (χ1n) is 7.41. The molecule has 0 saturated heterocycles. The number of methoxy groups -OCH3 is 1. The van der Waals surface area contributed by atoms with Gasteiger partial charge in [0.2, 0.25) is 0 Å². The monoisotopic (exact) mass is 288 g/mol. The number of rotatable bonds is 6. The maximum absolute atomic E-state index is 10.5. The summed E-state index contributed by atoms with van der Waals surface area (Å²) in [5, 5.41) is 15.0. The average Bonchev–Trinajstić information content (AvgIpc) is 2.94. The molecular weight excluding hydrogens is 264 g/mol. The minimum atomic E-state index is -0.611. The molecule has 4 nitrogen and oxygen atoms in total. The highest BCUT2D eigenvalue weighted by atomic mass is 16.5. The summed E-state index contributed by atoms with van der Waals surface area (Å²) < 4.78 is 7.29. The summed E-state index contributed by atoms with van der Waals surface area (Å²) in [5.41, 5.74) is 2.82. The lowest BCUT2D eigenvalue weighted by Crippen LogP contribution is -2.08. The van der Waals surface area contributed by atoms with E-state index in [0.717, 1.165) is 29.0 Å². The maximum atomic E-state index is 10.5. The fourth-order valence-corrected chi connectivity index (χ4v) is 2.34. The molecule has 0 bridgehead atoms. The molecule has 1 aromatic heterocycles. The van der Waals surface area contributed by atoms with Crippen LogP contribution in [-0.2, 0) is 6.42 Å². The van der Waals surface area contributed by atoms with Crippen LogP contribution in [0.2, 0.25) is 0 Å². The highest BCUT2D eigenvalue weighted by molar-refractivity contribution is 5.38. The Hall–Kier alpha value is -1.81. The van der Waals surface area contributed by atoms with E-state index in [1.54, 1.807) is 7.11 Å². The molecule has 0 spiro atoms. The lowest BCUT2D eigenvalue weighted by molar-refractivity contribution is 0.172. The number of ether oxygens (including phenoxy) is 1. The van der Waals surface area contributed by atoms with E-state index in [-0.39, 0.29) is 0 Å². The van der Waals surface area contributed by atoms with Crippen LogP contribution < -0.4 is 4.74 Å². The summed E-state index contributed by atoms with van der Waals surface area (Å²) in [5.74, 6) is 0.717. The quantitative estimate of drug-likeness (QED) is 0.885. The molecule has 0 fully saturated rings. The van der Waals surface area contributed by atoms with Crippen LogP contribution in [0.4, 0.5) is 0 Å². The van der Waals surface area contributed by atoms with E-state index in [1.807, 2.05) is 42.1 Å². The first-order chi connectivity index (χ1) is 10.0. The number of aliphatic hydroxyl groups excluding tert-OH is 1. The Kier molecular flexibility index (Phi) is 5.02. The Balaban J connectivity index is 2.16. The average molecular weight is 288 g/mol. The number of nitrogens with zero attached hydrogens (tertiary/aromatic N) is 2. The third kappa shape index (κ3) is 3.64. The van der Waals surface area contributed by atoms with Gasteiger partial charge in [0.15, 0.2) is 0 Å². The van der Waals surface area contributed by atoms with Crippen LogP contribution in [0.1, 0.15) is 49.2 Å². The van der Waals surface area contributed by atoms with Crippen LogP contribution in [0.5, 0.6) is 5.75 Å². The van der Waals surface area contributed by atoms with Gasteiger partial charge in [-0.3, -0.25) is 4.68 Å². The highest BCUT2D eigenvalue weighted by Crippen LogP contribution is 2.28. The van der Waals surface area contributed by atoms with Gasteiger partial charge in [-0.2, -0.15) is 5.10 Å². The lowest BCUT2D eigenvalue weighted by Gasteiger charge is -2.15. The van der Waals surface area contributed by atoms with E-state index in [2.05, 4.69) is 18.9 Å². The van der Waals surface area contributed by atoms with E-state index in [0.29, 0.717) is 12.5 Å². The molecule has 1 aromatic carbocycles. The molecule has 4 heteroatoms. The van der Waals surface area contributed by atoms with Crippen molar-refractivity contribution in [1.82, 2.24) is 9.78 Å². The van der Waals surface area contributed by atoms with Crippen molar-refractivity contribution in [3.8, 4) is 5.75 Å². The van der Waals surface area contributed by atoms with Crippen molar-refractivity contribution in [1.29, 1.82) is 0 Å². The van der Waals surface area contributed by atoms with Crippen LogP contribution >= 0.6 is 0 Å². The molecular formula is C17H24N2O2. The second-order valence-corrected chi connectivity index (χ2v) is 5.51. The van der Waals surface area contributed by atoms with E-state index >= 15 is 0 Å². The van der Waals surface area contributed by atoms with Crippen molar-refractivity contribution in [2.24, 2.45) is 0 Å². The molecule has 0 amide bonds. The highest BCUT2D eigenvalue weighted by Gasteiger charge is 2.16. The molecule has 0 aliphatic heterocycles. The van der Waals surface area contributed by atoms with Crippen LogP contribution in [-0.4, -0.2) is 22.0 Å². The van der Waals surface area contributed by atoms with E-state index in [9.17, 15) is 5.11 Å². The molecule has 21 heavy (non-hydrogen) atoms. The number of aliphatic hydroxyl groups is 1. The first-order valence-corrected chi connectivity index (χ1v) is 7.41. The largest absolute Gasteiger partial charge is 0.496 e. The van der Waals surface area contributed by atoms with Crippen LogP contribution in [0.3, 0.4) is 0 Å². The molecule has 1 heterocycles. The minimum Gasteiger partial charge on any atom is -0.496 e. The molecule has 0 aliphatic carbocycles. The molecule has 1 N–H and O–H groups in total. The number of aromatic nitrogens is 2. The zero-order valence-corrected chi connectivity index (χ0v) is 13.2. The number of hydrogen-bond acceptors (Lipinski definition) is 3. The molecule has 2 atom stereocenters. The van der Waals surface area contributed by atoms with E-state index in [1.165, 1.54) is 0 Å². The lowest BCUT2D eigenvalue weighted by atomic mass is 10.0. The topological polar surface area (TPSA) is 47.3 Å². The Bertz CT molecular complexity index is 592. The third-order valence-corrected chi connectivity index (χ3v) is 3.85. The van der Waals surface area contributed by atoms with Gasteiger partial charge < -0.3 is 9.84 Å². The predicted octanol–water partition coefficient (Wildman–Crippen LogP) is 3.45. The van der Waals surface area contributed by atoms with Gasteiger partial charge in [0.05, 0.1) is 18.9 Å². The zero-order valence-electron chi connectivity index (χ0n) is 13.2. The van der Waals surface area contributed by atoms with Crippen molar-refractivity contribution in [3.63, 3.8) is 0 Å². The van der Waals surface area contributed by atoms with Crippen LogP contribution in [0, 0.1) is 6.92 Å². The Morgan fingerprint density at radius 1 is 1.33 bits per heavy atom. The molecule has 0 radical (unpaired) electrons. The second kappa shape index (κ2) is 6.76. The number of benzene rings is 1. The van der Waals surface area contributed by atoms with Gasteiger partial charge in [0, 0.05) is 24.2 Å². The smallest absolute Gasteiger partial charge is 0.124 e. The number of aryl methyl sites for hydroxylation is 1. The Morgan fingerprint density at radius 2 is 2.10 bits per heavy atom. The van der Waals surface area contributed by atoms with Gasteiger partial charge in [0.25, 0.3) is 0 Å². The van der Waals surface area contributed by atoms with Gasteiger partial charge in [-0.05, 0) is 38.5 Å². The second-order valence-electron chi connectivity index (χ2n) is 5.51. The molecule has 2 unspecified atom stereocenters. The summed E-state index contributed by atoms with van der Waals surface area (Å²) in [6.07, 6.45) is 2.89. The van der Waals surface area contributed by atoms with Crippen molar-refractivity contribution < 1.29 is 9.84 Å². The predicted molar refractivity (Wildman–Crippen MR) is 83.6 cm³/mol. The summed E-state index contributed by atoms with van der Waals surface area (Å²) in [4.78, 5) is 0. The van der Waals surface area contributed by atoms with Gasteiger partial charge in [0.1, 0.15) is 5.75 Å². The minimum absolute atomic E-state index is 0.379. The molecule has 0 aliphatic rings. The van der Waals surface area contributed by atoms with E-state index in [4.69, 9.17) is 4.74 Å². The maximum Gasteiger partial charge on any atom is 0.124 e. The van der Waals surface area contributed by atoms with Crippen molar-refractivity contribution >= 4 is 0 Å². The summed E-state index contributed by atoms with van der Waals surface area (Å²) in [7, 11) is 1.62. The Morgan fingerprint density at radius 3 is 2.76 bits per heavy atom. The van der Waals surface area contributed by atoms with Crippen LogP contribution in [0.15, 0.2) is 30.5 Å². The van der Waals surface area contributed by atoms with Crippen molar-refractivity contribution in [3.05, 3.63) is 47.3 Å². The standard InChI is InChI=1S/C17H24N2O2/c1-5-13(3)19-9-8-14(18-19)11-16(20)15-10-12(2)6-7-17(15)21-4/h6-10,13,16,20H,5,11H2,1-4H3. The van der Waals surface area contributed by atoms with Gasteiger partial charge in [-0.1, -0.05) is 18.6 Å². The van der Waals surface area contributed by atoms with Gasteiger partial charge in [-0.25, -0.2) is 0 Å². The molecule has 2 rings (SSSR count). The van der Waals surface area contributed by atoms with Gasteiger partial charge >= 0.3 is 0 Å². The third-order valence-electron chi connectivity index (χ3n) is 3.85. The molecule has 0 saturated carbocycles. The summed E-state index contributed by atoms with van der Waals surface area (Å²) >= 11 is 0. The normalized spacial score (nSPS) is 14.0. The number of hydrogen-bond donors (Lipinski definition) is 1. The van der Waals surface area contributed by atoms with Crippen LogP contribution in [0.25, 0.3) is 0 Å². The SMILES string of the molecule is CCC(C)n1ccc(CC(O)c2cc(C)ccc2OC)n1. The Labute approximate surface area is 126 Å². The molecule has 114 valence electrons. The van der Waals surface area contributed by atoms with Gasteiger partial charge in [-0.15, -0.1) is 0 Å². The van der Waals surface area contributed by atoms with Crippen molar-refractivity contribution in [2.75, 3.05) is 7.11 Å². The first kappa shape index (κ1) is 15.6. The van der Waals surface area contributed by atoms with E-state index < -0.39 is 6.10 Å². The summed E-state index contributed by atoms with van der Waals surface area (Å²) in [6, 6.07) is 8.19. The fraction of sp³-hybridized carbons (Fsp3) is 0.471. The molecule has 2 aromatic rings. The zero-order chi connectivity index (χ0) is 15.4.